The van der Waals surface area contributed by atoms with Crippen LogP contribution in [0.4, 0.5) is 0 Å². The summed E-state index contributed by atoms with van der Waals surface area (Å²) in [6.07, 6.45) is 0. The molecule has 1 nitrogen and oxygen atoms in total. The van der Waals surface area contributed by atoms with Crippen LogP contribution in [0.2, 0.25) is 0 Å². The summed E-state index contributed by atoms with van der Waals surface area (Å²) in [6.45, 7) is 0. The van der Waals surface area contributed by atoms with Crippen molar-refractivity contribution in [3.63, 3.8) is 0 Å². The molecule has 1 aromatic heterocycles. The van der Waals surface area contributed by atoms with Crippen molar-refractivity contribution in [1.82, 2.24) is 0 Å². The monoisotopic (exact) mass is 564 g/mol. The molecular formula is C41H24OS. The van der Waals surface area contributed by atoms with E-state index in [-0.39, 0.29) is 5.92 Å². The third-order valence-corrected chi connectivity index (χ3v) is 10.7. The fourth-order valence-corrected chi connectivity index (χ4v) is 9.07. The topological polar surface area (TPSA) is 13.1 Å². The van der Waals surface area contributed by atoms with Crippen molar-refractivity contribution in [2.45, 2.75) is 15.7 Å². The molecule has 0 bridgehead atoms. The van der Waals surface area contributed by atoms with Crippen LogP contribution in [-0.2, 0) is 0 Å². The number of fused-ring (bicyclic) bond motifs is 15. The van der Waals surface area contributed by atoms with Gasteiger partial charge >= 0.3 is 0 Å². The van der Waals surface area contributed by atoms with Crippen molar-refractivity contribution in [2.75, 3.05) is 0 Å². The summed E-state index contributed by atoms with van der Waals surface area (Å²) in [7, 11) is 0. The van der Waals surface area contributed by atoms with E-state index in [4.69, 9.17) is 4.42 Å². The number of furan rings is 1. The van der Waals surface area contributed by atoms with Crippen LogP contribution < -0.4 is 0 Å². The molecule has 0 amide bonds. The standard InChI is InChI=1S/C41H24OS/c1-5-17-29-24(12-1)26-14-3-7-19-32(26)40-37(29)36(34-22-11-21-31-28-16-9-10-23-35(28)42-39(31)34)38-30-18-6-2-13-25(30)27-15-4-8-20-33(27)41(38)43-40/h1-23,36H. The first kappa shape index (κ1) is 23.5. The number of benzene rings is 8. The number of hydrogen-bond acceptors (Lipinski definition) is 2. The van der Waals surface area contributed by atoms with Gasteiger partial charge < -0.3 is 4.42 Å². The molecule has 0 unspecified atom stereocenters. The zero-order valence-corrected chi connectivity index (χ0v) is 24.0. The highest BCUT2D eigenvalue weighted by Crippen LogP contribution is 2.58. The van der Waals surface area contributed by atoms with Crippen LogP contribution in [0, 0.1) is 0 Å². The van der Waals surface area contributed by atoms with Crippen LogP contribution in [0.25, 0.3) is 65.0 Å². The Morgan fingerprint density at radius 2 is 0.791 bits per heavy atom. The minimum atomic E-state index is -0.0143. The van der Waals surface area contributed by atoms with E-state index in [9.17, 15) is 0 Å². The molecule has 0 radical (unpaired) electrons. The van der Waals surface area contributed by atoms with Crippen LogP contribution >= 0.6 is 11.8 Å². The molecule has 43 heavy (non-hydrogen) atoms. The lowest BCUT2D eigenvalue weighted by Gasteiger charge is -2.33. The highest BCUT2D eigenvalue weighted by molar-refractivity contribution is 8.00. The molecule has 0 saturated carbocycles. The van der Waals surface area contributed by atoms with Gasteiger partial charge in [-0.3, -0.25) is 0 Å². The predicted molar refractivity (Wildman–Crippen MR) is 182 cm³/mol. The average Bonchev–Trinajstić information content (AvgIpc) is 3.47. The Kier molecular flexibility index (Phi) is 4.77. The summed E-state index contributed by atoms with van der Waals surface area (Å²) in [5.74, 6) is -0.0143. The van der Waals surface area contributed by atoms with Crippen LogP contribution in [0.5, 0.6) is 0 Å². The van der Waals surface area contributed by atoms with Gasteiger partial charge in [0.25, 0.3) is 0 Å². The van der Waals surface area contributed by atoms with Gasteiger partial charge in [0.05, 0.1) is 0 Å². The Morgan fingerprint density at radius 1 is 0.372 bits per heavy atom. The molecule has 0 atom stereocenters. The molecule has 0 fully saturated rings. The van der Waals surface area contributed by atoms with Gasteiger partial charge in [-0.25, -0.2) is 0 Å². The highest BCUT2D eigenvalue weighted by atomic mass is 32.2. The lowest BCUT2D eigenvalue weighted by Crippen LogP contribution is -2.13. The van der Waals surface area contributed by atoms with Crippen molar-refractivity contribution in [3.05, 3.63) is 156 Å². The number of rotatable bonds is 1. The Balaban J connectivity index is 1.46. The zero-order chi connectivity index (χ0) is 28.1. The summed E-state index contributed by atoms with van der Waals surface area (Å²) in [6, 6.07) is 50.9. The summed E-state index contributed by atoms with van der Waals surface area (Å²) in [5.41, 5.74) is 5.88. The van der Waals surface area contributed by atoms with Crippen LogP contribution in [0.15, 0.2) is 154 Å². The highest BCUT2D eigenvalue weighted by Gasteiger charge is 2.35. The van der Waals surface area contributed by atoms with Gasteiger partial charge in [0, 0.05) is 32.0 Å². The lowest BCUT2D eigenvalue weighted by molar-refractivity contribution is 0.660. The maximum absolute atomic E-state index is 6.76. The minimum Gasteiger partial charge on any atom is -0.456 e. The predicted octanol–water partition coefficient (Wildman–Crippen LogP) is 11.8. The summed E-state index contributed by atoms with van der Waals surface area (Å²) < 4.78 is 6.76. The average molecular weight is 565 g/mol. The summed E-state index contributed by atoms with van der Waals surface area (Å²) in [5, 5.41) is 12.8. The fraction of sp³-hybridized carbons (Fsp3) is 0.0244. The quantitative estimate of drug-likeness (QED) is 0.184. The van der Waals surface area contributed by atoms with Crippen molar-refractivity contribution < 1.29 is 4.42 Å². The molecule has 8 aromatic carbocycles. The van der Waals surface area contributed by atoms with Crippen molar-refractivity contribution in [2.24, 2.45) is 0 Å². The maximum atomic E-state index is 6.76. The molecule has 2 heterocycles. The zero-order valence-electron chi connectivity index (χ0n) is 23.2. The molecule has 1 aliphatic heterocycles. The van der Waals surface area contributed by atoms with Gasteiger partial charge in [0.1, 0.15) is 11.2 Å². The number of para-hydroxylation sites is 2. The molecule has 0 spiro atoms. The molecule has 0 N–H and O–H groups in total. The molecule has 9 aromatic rings. The molecule has 0 saturated heterocycles. The van der Waals surface area contributed by atoms with Crippen LogP contribution in [-0.4, -0.2) is 0 Å². The molecule has 0 aliphatic carbocycles. The van der Waals surface area contributed by atoms with Gasteiger partial charge in [0.15, 0.2) is 0 Å². The second kappa shape index (κ2) is 8.73. The second-order valence-corrected chi connectivity index (χ2v) is 12.5. The summed E-state index contributed by atoms with van der Waals surface area (Å²) in [4.78, 5) is 2.70. The lowest BCUT2D eigenvalue weighted by atomic mass is 9.78. The van der Waals surface area contributed by atoms with Gasteiger partial charge in [-0.2, -0.15) is 0 Å². The Bertz CT molecular complexity index is 2480. The first-order valence-corrected chi connectivity index (χ1v) is 15.6. The van der Waals surface area contributed by atoms with E-state index in [1.54, 1.807) is 0 Å². The van der Waals surface area contributed by atoms with E-state index >= 15 is 0 Å². The van der Waals surface area contributed by atoms with Gasteiger partial charge in [-0.05, 0) is 60.3 Å². The van der Waals surface area contributed by atoms with Crippen LogP contribution in [0.1, 0.15) is 22.6 Å². The van der Waals surface area contributed by atoms with E-state index in [0.717, 1.165) is 16.6 Å². The van der Waals surface area contributed by atoms with E-state index in [0.29, 0.717) is 0 Å². The first-order chi connectivity index (χ1) is 21.4. The number of hydrogen-bond donors (Lipinski definition) is 0. The van der Waals surface area contributed by atoms with E-state index in [1.165, 1.54) is 75.0 Å². The third-order valence-electron chi connectivity index (χ3n) is 9.37. The van der Waals surface area contributed by atoms with E-state index in [2.05, 4.69) is 140 Å². The maximum Gasteiger partial charge on any atom is 0.139 e. The van der Waals surface area contributed by atoms with Gasteiger partial charge in [-0.1, -0.05) is 145 Å². The SMILES string of the molecule is c1ccc2c(c1)oc1c(C3c4c(c5ccccc5c5ccccc45)Sc4c3c3ccccc3c3ccccc43)cccc12. The summed E-state index contributed by atoms with van der Waals surface area (Å²) >= 11 is 1.95. The third kappa shape index (κ3) is 3.14. The Hall–Kier alpha value is -5.05. The molecule has 1 aliphatic rings. The minimum absolute atomic E-state index is 0.0143. The molecule has 2 heteroatoms. The normalized spacial score (nSPS) is 13.4. The largest absolute Gasteiger partial charge is 0.456 e. The van der Waals surface area contributed by atoms with Crippen molar-refractivity contribution >= 4 is 76.8 Å². The van der Waals surface area contributed by atoms with E-state index < -0.39 is 0 Å². The van der Waals surface area contributed by atoms with Gasteiger partial charge in [-0.15, -0.1) is 0 Å². The van der Waals surface area contributed by atoms with Crippen LogP contribution in [0.3, 0.4) is 0 Å². The van der Waals surface area contributed by atoms with Gasteiger partial charge in [0.2, 0.25) is 0 Å². The van der Waals surface area contributed by atoms with Crippen molar-refractivity contribution in [1.29, 1.82) is 0 Å². The fourth-order valence-electron chi connectivity index (χ4n) is 7.62. The second-order valence-electron chi connectivity index (χ2n) is 11.5. The molecular weight excluding hydrogens is 541 g/mol. The van der Waals surface area contributed by atoms with Crippen molar-refractivity contribution in [3.8, 4) is 0 Å². The Labute approximate surface area is 252 Å². The molecule has 200 valence electrons. The van der Waals surface area contributed by atoms with E-state index in [1.807, 2.05) is 11.8 Å². The molecule has 10 rings (SSSR count). The first-order valence-electron chi connectivity index (χ1n) is 14.8. The Morgan fingerprint density at radius 3 is 1.35 bits per heavy atom. The smallest absolute Gasteiger partial charge is 0.139 e.